The summed E-state index contributed by atoms with van der Waals surface area (Å²) >= 11 is 1.25. The van der Waals surface area contributed by atoms with E-state index in [0.29, 0.717) is 15.4 Å². The van der Waals surface area contributed by atoms with Crippen LogP contribution >= 0.6 is 11.3 Å². The van der Waals surface area contributed by atoms with E-state index < -0.39 is 0 Å². The van der Waals surface area contributed by atoms with Gasteiger partial charge >= 0.3 is 6.03 Å². The van der Waals surface area contributed by atoms with Gasteiger partial charge in [-0.15, -0.1) is 11.3 Å². The molecule has 2 atom stereocenters. The molecule has 27 heavy (non-hydrogen) atoms. The Morgan fingerprint density at radius 2 is 2.11 bits per heavy atom. The number of carbonyl (C=O) groups excluding carboxylic acids is 3. The van der Waals surface area contributed by atoms with Crippen LogP contribution in [0.3, 0.4) is 0 Å². The minimum absolute atomic E-state index is 0.125. The van der Waals surface area contributed by atoms with Crippen LogP contribution < -0.4 is 20.9 Å². The average molecular weight is 385 g/mol. The largest absolute Gasteiger partial charge is 0.348 e. The minimum Gasteiger partial charge on any atom is -0.348 e. The van der Waals surface area contributed by atoms with E-state index in [1.807, 2.05) is 0 Å². The molecule has 2 aliphatic rings. The summed E-state index contributed by atoms with van der Waals surface area (Å²) in [6.07, 6.45) is 5.36. The van der Waals surface area contributed by atoms with Crippen LogP contribution in [0.15, 0.2) is 24.9 Å². The molecule has 140 valence electrons. The van der Waals surface area contributed by atoms with E-state index in [4.69, 9.17) is 0 Å². The second-order valence-electron chi connectivity index (χ2n) is 6.64. The fourth-order valence-electron chi connectivity index (χ4n) is 3.65. The summed E-state index contributed by atoms with van der Waals surface area (Å²) in [5.74, 6) is -0.518. The number of carbonyl (C=O) groups is 3. The van der Waals surface area contributed by atoms with Gasteiger partial charge in [-0.3, -0.25) is 14.5 Å². The maximum Gasteiger partial charge on any atom is 0.326 e. The van der Waals surface area contributed by atoms with Crippen LogP contribution in [0.5, 0.6) is 0 Å². The van der Waals surface area contributed by atoms with Gasteiger partial charge in [0.2, 0.25) is 5.91 Å². The van der Waals surface area contributed by atoms with E-state index >= 15 is 0 Å². The number of urea groups is 1. The molecule has 3 N–H and O–H groups in total. The lowest BCUT2D eigenvalue weighted by molar-refractivity contribution is -0.117. The van der Waals surface area contributed by atoms with Gasteiger partial charge in [0, 0.05) is 25.3 Å². The molecular weight excluding hydrogens is 366 g/mol. The van der Waals surface area contributed by atoms with Crippen molar-refractivity contribution in [3.8, 4) is 0 Å². The van der Waals surface area contributed by atoms with E-state index in [1.165, 1.54) is 22.3 Å². The maximum atomic E-state index is 12.9. The van der Waals surface area contributed by atoms with Crippen LogP contribution in [0.25, 0.3) is 10.2 Å². The van der Waals surface area contributed by atoms with Gasteiger partial charge in [-0.2, -0.15) is 0 Å². The monoisotopic (exact) mass is 385 g/mol. The van der Waals surface area contributed by atoms with E-state index in [0.717, 1.165) is 30.3 Å². The Kier molecular flexibility index (Phi) is 4.31. The van der Waals surface area contributed by atoms with Crippen molar-refractivity contribution in [2.24, 2.45) is 0 Å². The first-order valence-corrected chi connectivity index (χ1v) is 9.51. The van der Waals surface area contributed by atoms with Gasteiger partial charge in [0.25, 0.3) is 5.91 Å². The molecule has 0 aromatic carbocycles. The maximum absolute atomic E-state index is 12.9. The van der Waals surface area contributed by atoms with Gasteiger partial charge in [-0.25, -0.2) is 9.78 Å². The predicted molar refractivity (Wildman–Crippen MR) is 104 cm³/mol. The highest BCUT2D eigenvalue weighted by atomic mass is 32.1. The van der Waals surface area contributed by atoms with Crippen molar-refractivity contribution in [1.82, 2.24) is 15.6 Å². The lowest BCUT2D eigenvalue weighted by Crippen LogP contribution is -2.48. The SMILES string of the molecule is C=CC(=O)N[C@@H]1CCC[C@@H]1NC(=O)c1sc2nccc3c2c1NC(=O)N3C. The van der Waals surface area contributed by atoms with E-state index in [-0.39, 0.29) is 29.9 Å². The minimum atomic E-state index is -0.292. The Labute approximate surface area is 159 Å². The number of nitrogens with one attached hydrogen (secondary N) is 3. The van der Waals surface area contributed by atoms with Crippen molar-refractivity contribution in [2.75, 3.05) is 17.3 Å². The number of hydrogen-bond donors (Lipinski definition) is 3. The second kappa shape index (κ2) is 6.66. The van der Waals surface area contributed by atoms with Gasteiger partial charge in [0.15, 0.2) is 0 Å². The van der Waals surface area contributed by atoms with Crippen molar-refractivity contribution < 1.29 is 14.4 Å². The van der Waals surface area contributed by atoms with Crippen molar-refractivity contribution in [3.05, 3.63) is 29.8 Å². The fourth-order valence-corrected chi connectivity index (χ4v) is 4.67. The smallest absolute Gasteiger partial charge is 0.326 e. The van der Waals surface area contributed by atoms with Crippen LogP contribution in [0.1, 0.15) is 28.9 Å². The van der Waals surface area contributed by atoms with Gasteiger partial charge in [0.1, 0.15) is 9.71 Å². The van der Waals surface area contributed by atoms with Crippen molar-refractivity contribution in [1.29, 1.82) is 0 Å². The summed E-state index contributed by atoms with van der Waals surface area (Å²) in [5.41, 5.74) is 1.23. The van der Waals surface area contributed by atoms with Gasteiger partial charge < -0.3 is 16.0 Å². The van der Waals surface area contributed by atoms with Gasteiger partial charge in [-0.05, 0) is 31.4 Å². The summed E-state index contributed by atoms with van der Waals surface area (Å²) in [6, 6.07) is 1.18. The number of amides is 4. The Balaban J connectivity index is 1.63. The van der Waals surface area contributed by atoms with Gasteiger partial charge in [0.05, 0.1) is 16.8 Å². The molecule has 1 saturated carbocycles. The number of rotatable bonds is 4. The molecular formula is C18H19N5O3S. The first-order chi connectivity index (χ1) is 13.0. The highest BCUT2D eigenvalue weighted by Gasteiger charge is 2.33. The Bertz CT molecular complexity index is 969. The second-order valence-corrected chi connectivity index (χ2v) is 7.63. The Morgan fingerprint density at radius 3 is 2.85 bits per heavy atom. The highest BCUT2D eigenvalue weighted by Crippen LogP contribution is 2.43. The molecule has 0 unspecified atom stereocenters. The van der Waals surface area contributed by atoms with E-state index in [2.05, 4.69) is 27.5 Å². The number of aromatic nitrogens is 1. The summed E-state index contributed by atoms with van der Waals surface area (Å²) in [4.78, 5) is 43.7. The molecule has 2 aromatic rings. The summed E-state index contributed by atoms with van der Waals surface area (Å²) < 4.78 is 0. The zero-order valence-corrected chi connectivity index (χ0v) is 15.6. The third-order valence-electron chi connectivity index (χ3n) is 5.02. The van der Waals surface area contributed by atoms with Crippen LogP contribution in [0.2, 0.25) is 0 Å². The van der Waals surface area contributed by atoms with E-state index in [9.17, 15) is 14.4 Å². The highest BCUT2D eigenvalue weighted by molar-refractivity contribution is 7.21. The molecule has 1 aliphatic heterocycles. The first kappa shape index (κ1) is 17.5. The standard InChI is InChI=1S/C18H19N5O3S/c1-3-12(24)20-9-5-4-6-10(9)21-16(25)15-14-13-11(23(2)18(26)22-14)7-8-19-17(13)27-15/h3,7-10H,1,4-6H2,2H3,(H,20,24)(H,21,25)(H,22,26)/t9-,10+/m1/s1. The number of thiophene rings is 1. The summed E-state index contributed by atoms with van der Waals surface area (Å²) in [7, 11) is 1.68. The molecule has 4 amide bonds. The number of nitrogens with zero attached hydrogens (tertiary/aromatic N) is 2. The molecule has 0 radical (unpaired) electrons. The zero-order chi connectivity index (χ0) is 19.1. The molecule has 0 bridgehead atoms. The molecule has 8 nitrogen and oxygen atoms in total. The average Bonchev–Trinajstić information content (AvgIpc) is 3.24. The normalized spacial score (nSPS) is 21.1. The summed E-state index contributed by atoms with van der Waals surface area (Å²) in [5, 5.41) is 9.45. The van der Waals surface area contributed by atoms with Crippen molar-refractivity contribution in [2.45, 2.75) is 31.3 Å². The van der Waals surface area contributed by atoms with Crippen LogP contribution in [-0.4, -0.2) is 42.0 Å². The molecule has 2 aromatic heterocycles. The Morgan fingerprint density at radius 1 is 1.37 bits per heavy atom. The van der Waals surface area contributed by atoms with E-state index in [1.54, 1.807) is 19.3 Å². The van der Waals surface area contributed by atoms with Crippen LogP contribution in [-0.2, 0) is 4.79 Å². The molecule has 9 heteroatoms. The zero-order valence-electron chi connectivity index (χ0n) is 14.7. The Hall–Kier alpha value is -2.94. The number of hydrogen-bond acceptors (Lipinski definition) is 5. The molecule has 1 aliphatic carbocycles. The van der Waals surface area contributed by atoms with Crippen molar-refractivity contribution in [3.63, 3.8) is 0 Å². The first-order valence-electron chi connectivity index (χ1n) is 8.69. The van der Waals surface area contributed by atoms with Crippen LogP contribution in [0.4, 0.5) is 16.2 Å². The molecule has 3 heterocycles. The quantitative estimate of drug-likeness (QED) is 0.702. The molecule has 4 rings (SSSR count). The number of anilines is 2. The molecule has 1 fully saturated rings. The van der Waals surface area contributed by atoms with Crippen LogP contribution in [0, 0.1) is 0 Å². The fraction of sp³-hybridized carbons (Fsp3) is 0.333. The third kappa shape index (κ3) is 2.93. The summed E-state index contributed by atoms with van der Waals surface area (Å²) in [6.45, 7) is 3.46. The van der Waals surface area contributed by atoms with Crippen molar-refractivity contribution >= 4 is 50.8 Å². The topological polar surface area (TPSA) is 103 Å². The predicted octanol–water partition coefficient (Wildman–Crippen LogP) is 2.23. The lowest BCUT2D eigenvalue weighted by atomic mass is 10.1. The number of pyridine rings is 1. The molecule has 0 spiro atoms. The lowest BCUT2D eigenvalue weighted by Gasteiger charge is -2.25. The third-order valence-corrected chi connectivity index (χ3v) is 6.12. The van der Waals surface area contributed by atoms with Gasteiger partial charge in [-0.1, -0.05) is 6.58 Å². The molecule has 0 saturated heterocycles.